The lowest BCUT2D eigenvalue weighted by Gasteiger charge is -2.33. The van der Waals surface area contributed by atoms with Gasteiger partial charge in [0, 0.05) is 19.1 Å². The summed E-state index contributed by atoms with van der Waals surface area (Å²) in [5, 5.41) is 2.96. The number of nitrogens with two attached hydrogens (primary N) is 1. The molecule has 1 fully saturated rings. The van der Waals surface area contributed by atoms with Crippen LogP contribution in [0.1, 0.15) is 52.9 Å². The van der Waals surface area contributed by atoms with Gasteiger partial charge in [0.25, 0.3) is 0 Å². The number of piperidine rings is 1. The van der Waals surface area contributed by atoms with Gasteiger partial charge in [-0.3, -0.25) is 4.79 Å². The molecule has 3 atom stereocenters. The molecular formula is C15H32ClN3O. The topological polar surface area (TPSA) is 58.4 Å². The second kappa shape index (κ2) is 10.4. The SMILES string of the molecule is CCC(C)C(N)C(=O)NCCCN1CCCCC1C.Cl. The zero-order valence-electron chi connectivity index (χ0n) is 13.2. The second-order valence-corrected chi connectivity index (χ2v) is 5.94. The Balaban J connectivity index is 0.00000361. The third kappa shape index (κ3) is 6.42. The lowest BCUT2D eigenvalue weighted by molar-refractivity contribution is -0.123. The highest BCUT2D eigenvalue weighted by Gasteiger charge is 2.20. The van der Waals surface area contributed by atoms with E-state index in [1.165, 1.54) is 25.8 Å². The Hall–Kier alpha value is -0.320. The molecule has 0 aromatic rings. The maximum atomic E-state index is 11.8. The zero-order chi connectivity index (χ0) is 14.3. The quantitative estimate of drug-likeness (QED) is 0.709. The highest BCUT2D eigenvalue weighted by atomic mass is 35.5. The molecule has 0 bridgehead atoms. The van der Waals surface area contributed by atoms with E-state index in [1.54, 1.807) is 0 Å². The molecule has 3 N–H and O–H groups in total. The van der Waals surface area contributed by atoms with Crippen molar-refractivity contribution in [3.63, 3.8) is 0 Å². The third-order valence-corrected chi connectivity index (χ3v) is 4.42. The fourth-order valence-corrected chi connectivity index (χ4v) is 2.61. The minimum absolute atomic E-state index is 0. The fourth-order valence-electron chi connectivity index (χ4n) is 2.61. The Kier molecular flexibility index (Phi) is 10.2. The molecule has 1 aliphatic heterocycles. The third-order valence-electron chi connectivity index (χ3n) is 4.42. The van der Waals surface area contributed by atoms with Gasteiger partial charge in [0.05, 0.1) is 6.04 Å². The number of likely N-dealkylation sites (tertiary alicyclic amines) is 1. The van der Waals surface area contributed by atoms with Crippen LogP contribution in [0.5, 0.6) is 0 Å². The van der Waals surface area contributed by atoms with Crippen molar-refractivity contribution in [2.75, 3.05) is 19.6 Å². The first-order chi connectivity index (χ1) is 9.06. The fraction of sp³-hybridized carbons (Fsp3) is 0.933. The summed E-state index contributed by atoms with van der Waals surface area (Å²) in [5.74, 6) is 0.253. The van der Waals surface area contributed by atoms with Gasteiger partial charge in [0.2, 0.25) is 5.91 Å². The van der Waals surface area contributed by atoms with Crippen LogP contribution in [0, 0.1) is 5.92 Å². The largest absolute Gasteiger partial charge is 0.355 e. The summed E-state index contributed by atoms with van der Waals surface area (Å²) in [6.07, 6.45) is 5.95. The first kappa shape index (κ1) is 19.7. The number of carbonyl (C=O) groups excluding carboxylic acids is 1. The number of amides is 1. The Morgan fingerprint density at radius 1 is 1.45 bits per heavy atom. The summed E-state index contributed by atoms with van der Waals surface area (Å²) >= 11 is 0. The van der Waals surface area contributed by atoms with E-state index in [1.807, 2.05) is 6.92 Å². The molecule has 1 aliphatic rings. The molecule has 3 unspecified atom stereocenters. The van der Waals surface area contributed by atoms with Crippen molar-refractivity contribution in [3.05, 3.63) is 0 Å². The van der Waals surface area contributed by atoms with Crippen LogP contribution in [-0.4, -0.2) is 42.5 Å². The van der Waals surface area contributed by atoms with Crippen molar-refractivity contribution >= 4 is 18.3 Å². The van der Waals surface area contributed by atoms with Crippen LogP contribution < -0.4 is 11.1 Å². The van der Waals surface area contributed by atoms with E-state index in [-0.39, 0.29) is 30.3 Å². The van der Waals surface area contributed by atoms with Crippen LogP contribution in [0.3, 0.4) is 0 Å². The van der Waals surface area contributed by atoms with E-state index >= 15 is 0 Å². The second-order valence-electron chi connectivity index (χ2n) is 5.94. The number of rotatable bonds is 7. The monoisotopic (exact) mass is 305 g/mol. The number of halogens is 1. The van der Waals surface area contributed by atoms with Crippen molar-refractivity contribution in [1.82, 2.24) is 10.2 Å². The van der Waals surface area contributed by atoms with Crippen molar-refractivity contribution in [2.24, 2.45) is 11.7 Å². The summed E-state index contributed by atoms with van der Waals surface area (Å²) < 4.78 is 0. The first-order valence-electron chi connectivity index (χ1n) is 7.83. The highest BCUT2D eigenvalue weighted by Crippen LogP contribution is 2.16. The van der Waals surface area contributed by atoms with Crippen molar-refractivity contribution < 1.29 is 4.79 Å². The van der Waals surface area contributed by atoms with Gasteiger partial charge in [-0.25, -0.2) is 0 Å². The van der Waals surface area contributed by atoms with Crippen molar-refractivity contribution in [3.8, 4) is 0 Å². The van der Waals surface area contributed by atoms with Gasteiger partial charge in [-0.05, 0) is 38.6 Å². The summed E-state index contributed by atoms with van der Waals surface area (Å²) in [4.78, 5) is 14.3. The maximum Gasteiger partial charge on any atom is 0.237 e. The van der Waals surface area contributed by atoms with Gasteiger partial charge in [-0.15, -0.1) is 12.4 Å². The van der Waals surface area contributed by atoms with Gasteiger partial charge in [0.15, 0.2) is 0 Å². The van der Waals surface area contributed by atoms with E-state index in [0.717, 1.165) is 25.9 Å². The molecule has 0 saturated carbocycles. The predicted octanol–water partition coefficient (Wildman–Crippen LogP) is 2.16. The Labute approximate surface area is 130 Å². The van der Waals surface area contributed by atoms with Crippen molar-refractivity contribution in [2.45, 2.75) is 65.0 Å². The van der Waals surface area contributed by atoms with E-state index in [2.05, 4.69) is 24.1 Å². The summed E-state index contributed by atoms with van der Waals surface area (Å²) in [7, 11) is 0. The lowest BCUT2D eigenvalue weighted by Crippen LogP contribution is -2.45. The van der Waals surface area contributed by atoms with Crippen molar-refractivity contribution in [1.29, 1.82) is 0 Å². The smallest absolute Gasteiger partial charge is 0.237 e. The average molecular weight is 306 g/mol. The molecule has 4 nitrogen and oxygen atoms in total. The summed E-state index contributed by atoms with van der Waals surface area (Å²) in [6, 6.07) is 0.339. The molecule has 1 rings (SSSR count). The lowest BCUT2D eigenvalue weighted by atomic mass is 9.99. The molecule has 0 aromatic heterocycles. The molecule has 1 saturated heterocycles. The van der Waals surface area contributed by atoms with E-state index in [4.69, 9.17) is 5.73 Å². The molecule has 5 heteroatoms. The molecule has 0 aliphatic carbocycles. The van der Waals surface area contributed by atoms with Gasteiger partial charge in [0.1, 0.15) is 0 Å². The normalized spacial score (nSPS) is 22.7. The molecular weight excluding hydrogens is 274 g/mol. The minimum Gasteiger partial charge on any atom is -0.355 e. The van der Waals surface area contributed by atoms with Crippen LogP contribution >= 0.6 is 12.4 Å². The Morgan fingerprint density at radius 3 is 2.75 bits per heavy atom. The van der Waals surface area contributed by atoms with Crippen LogP contribution in [0.4, 0.5) is 0 Å². The van der Waals surface area contributed by atoms with Crippen LogP contribution in [0.15, 0.2) is 0 Å². The zero-order valence-corrected chi connectivity index (χ0v) is 14.0. The number of carbonyl (C=O) groups is 1. The van der Waals surface area contributed by atoms with E-state index in [0.29, 0.717) is 6.04 Å². The number of nitrogens with one attached hydrogen (secondary N) is 1. The van der Waals surface area contributed by atoms with Gasteiger partial charge >= 0.3 is 0 Å². The number of hydrogen-bond donors (Lipinski definition) is 2. The van der Waals surface area contributed by atoms with Crippen LogP contribution in [0.25, 0.3) is 0 Å². The standard InChI is InChI=1S/C15H31N3O.ClH/c1-4-12(2)14(16)15(19)17-9-7-11-18-10-6-5-8-13(18)3;/h12-14H,4-11,16H2,1-3H3,(H,17,19);1H. The average Bonchev–Trinajstić information content (AvgIpc) is 2.43. The molecule has 0 radical (unpaired) electrons. The van der Waals surface area contributed by atoms with Gasteiger partial charge < -0.3 is 16.0 Å². The van der Waals surface area contributed by atoms with Crippen LogP contribution in [-0.2, 0) is 4.79 Å². The van der Waals surface area contributed by atoms with Crippen LogP contribution in [0.2, 0.25) is 0 Å². The molecule has 0 spiro atoms. The molecule has 1 amide bonds. The summed E-state index contributed by atoms with van der Waals surface area (Å²) in [5.41, 5.74) is 5.90. The Morgan fingerprint density at radius 2 is 2.15 bits per heavy atom. The van der Waals surface area contributed by atoms with Gasteiger partial charge in [-0.2, -0.15) is 0 Å². The number of nitrogens with zero attached hydrogens (tertiary/aromatic N) is 1. The highest BCUT2D eigenvalue weighted by molar-refractivity contribution is 5.85. The first-order valence-corrected chi connectivity index (χ1v) is 7.83. The van der Waals surface area contributed by atoms with E-state index in [9.17, 15) is 4.79 Å². The predicted molar refractivity (Wildman–Crippen MR) is 87.2 cm³/mol. The van der Waals surface area contributed by atoms with E-state index < -0.39 is 0 Å². The minimum atomic E-state index is -0.362. The molecule has 1 heterocycles. The summed E-state index contributed by atoms with van der Waals surface area (Å²) in [6.45, 7) is 9.43. The van der Waals surface area contributed by atoms with Gasteiger partial charge in [-0.1, -0.05) is 26.7 Å². The maximum absolute atomic E-state index is 11.8. The molecule has 120 valence electrons. The molecule has 0 aromatic carbocycles. The number of hydrogen-bond acceptors (Lipinski definition) is 3. The Bertz CT molecular complexity index is 276. The molecule has 20 heavy (non-hydrogen) atoms.